The summed E-state index contributed by atoms with van der Waals surface area (Å²) in [5.74, 6) is -0.518. The average Bonchev–Trinajstić information content (AvgIpc) is 3.05. The number of aromatic carboxylic acids is 1. The Morgan fingerprint density at radius 3 is 2.64 bits per heavy atom. The molecule has 0 aliphatic carbocycles. The Morgan fingerprint density at radius 2 is 1.95 bits per heavy atom. The van der Waals surface area contributed by atoms with Crippen molar-refractivity contribution in [2.45, 2.75) is 0 Å². The van der Waals surface area contributed by atoms with E-state index >= 15 is 0 Å². The number of rotatable bonds is 4. The Labute approximate surface area is 124 Å². The monoisotopic (exact) mass is 299 g/mol. The molecule has 0 atom stereocenters. The normalized spacial score (nSPS) is 10.4. The zero-order chi connectivity index (χ0) is 15.5. The number of nitrogens with zero attached hydrogens (tertiary/aromatic N) is 3. The fraction of sp³-hybridized carbons (Fsp3) is 0. The molecule has 0 radical (unpaired) electrons. The molecule has 0 amide bonds. The van der Waals surface area contributed by atoms with Crippen LogP contribution < -0.4 is 4.94 Å². The molecule has 1 heterocycles. The Kier molecular flexibility index (Phi) is 3.53. The van der Waals surface area contributed by atoms with Gasteiger partial charge in [0.2, 0.25) is 0 Å². The van der Waals surface area contributed by atoms with Gasteiger partial charge >= 0.3 is 5.97 Å². The van der Waals surface area contributed by atoms with Crippen molar-refractivity contribution in [3.63, 3.8) is 0 Å². The Hall–Kier alpha value is -3.22. The highest BCUT2D eigenvalue weighted by Gasteiger charge is 2.09. The van der Waals surface area contributed by atoms with E-state index in [0.29, 0.717) is 17.1 Å². The summed E-state index contributed by atoms with van der Waals surface area (Å²) in [6.45, 7) is 0. The highest BCUT2D eigenvalue weighted by Crippen LogP contribution is 2.19. The lowest BCUT2D eigenvalue weighted by Crippen LogP contribution is -1.97. The first-order valence-corrected chi connectivity index (χ1v) is 6.32. The predicted molar refractivity (Wildman–Crippen MR) is 75.5 cm³/mol. The predicted octanol–water partition coefficient (Wildman–Crippen LogP) is 2.90. The molecule has 2 aromatic carbocycles. The van der Waals surface area contributed by atoms with Gasteiger partial charge in [-0.1, -0.05) is 12.1 Å². The van der Waals surface area contributed by atoms with E-state index in [9.17, 15) is 9.32 Å². The number of hydrogen-bond acceptors (Lipinski definition) is 4. The maximum Gasteiger partial charge on any atom is 0.335 e. The third kappa shape index (κ3) is 2.64. The van der Waals surface area contributed by atoms with Gasteiger partial charge in [0, 0.05) is 10.1 Å². The number of carbonyl (C=O) groups is 1. The summed E-state index contributed by atoms with van der Waals surface area (Å²) < 4.78 is 13.5. The van der Waals surface area contributed by atoms with Crippen molar-refractivity contribution in [1.82, 2.24) is 14.8 Å². The van der Waals surface area contributed by atoms with Gasteiger partial charge in [0.15, 0.2) is 11.6 Å². The average molecular weight is 299 g/mol. The first-order valence-electron chi connectivity index (χ1n) is 6.32. The molecule has 1 N–H and O–H groups in total. The molecule has 0 saturated carbocycles. The SMILES string of the molecule is O=C(O)c1cccc(-c2ncn(-c3ccc(OF)cc3)n2)c1. The highest BCUT2D eigenvalue weighted by molar-refractivity contribution is 5.89. The number of carboxylic acid groups (broad SMARTS) is 1. The minimum atomic E-state index is -1.01. The van der Waals surface area contributed by atoms with Crippen molar-refractivity contribution >= 4 is 5.97 Å². The standard InChI is InChI=1S/C15H10FN3O3/c16-22-13-6-4-12(5-7-13)19-9-17-14(18-19)10-2-1-3-11(8-10)15(20)21/h1-9H,(H,20,21). The zero-order valence-corrected chi connectivity index (χ0v) is 11.2. The van der Waals surface area contributed by atoms with Crippen molar-refractivity contribution in [3.8, 4) is 22.8 Å². The summed E-state index contributed by atoms with van der Waals surface area (Å²) in [5.41, 5.74) is 1.44. The first kappa shape index (κ1) is 13.7. The summed E-state index contributed by atoms with van der Waals surface area (Å²) in [6, 6.07) is 12.5. The molecule has 0 fully saturated rings. The molecule has 0 spiro atoms. The molecule has 110 valence electrons. The van der Waals surface area contributed by atoms with Crippen LogP contribution in [0.3, 0.4) is 0 Å². The third-order valence-electron chi connectivity index (χ3n) is 3.05. The largest absolute Gasteiger partial charge is 0.478 e. The van der Waals surface area contributed by atoms with Crippen LogP contribution >= 0.6 is 0 Å². The van der Waals surface area contributed by atoms with E-state index in [1.807, 2.05) is 0 Å². The lowest BCUT2D eigenvalue weighted by molar-refractivity contribution is -0.00620. The number of hydrogen-bond donors (Lipinski definition) is 1. The van der Waals surface area contributed by atoms with Crippen LogP contribution in [-0.4, -0.2) is 25.8 Å². The lowest BCUT2D eigenvalue weighted by Gasteiger charge is -2.01. The molecule has 0 unspecified atom stereocenters. The van der Waals surface area contributed by atoms with Crippen molar-refractivity contribution < 1.29 is 19.4 Å². The van der Waals surface area contributed by atoms with Gasteiger partial charge < -0.3 is 5.11 Å². The van der Waals surface area contributed by atoms with Crippen molar-refractivity contribution in [2.24, 2.45) is 0 Å². The maximum atomic E-state index is 12.0. The zero-order valence-electron chi connectivity index (χ0n) is 11.2. The summed E-state index contributed by atoms with van der Waals surface area (Å²) >= 11 is 0. The minimum Gasteiger partial charge on any atom is -0.478 e. The van der Waals surface area contributed by atoms with E-state index < -0.39 is 5.97 Å². The van der Waals surface area contributed by atoms with Crippen LogP contribution in [0.5, 0.6) is 5.75 Å². The van der Waals surface area contributed by atoms with E-state index in [1.165, 1.54) is 35.3 Å². The number of benzene rings is 2. The molecular formula is C15H10FN3O3. The fourth-order valence-electron chi connectivity index (χ4n) is 1.96. The fourth-order valence-corrected chi connectivity index (χ4v) is 1.96. The van der Waals surface area contributed by atoms with Crippen LogP contribution in [0.1, 0.15) is 10.4 Å². The van der Waals surface area contributed by atoms with Gasteiger partial charge in [-0.15, -0.1) is 5.10 Å². The Morgan fingerprint density at radius 1 is 1.18 bits per heavy atom. The van der Waals surface area contributed by atoms with Crippen molar-refractivity contribution in [1.29, 1.82) is 0 Å². The highest BCUT2D eigenvalue weighted by atomic mass is 19.3. The topological polar surface area (TPSA) is 77.2 Å². The van der Waals surface area contributed by atoms with E-state index in [2.05, 4.69) is 15.0 Å². The molecule has 0 aliphatic rings. The van der Waals surface area contributed by atoms with Gasteiger partial charge in [-0.2, -0.15) is 0 Å². The van der Waals surface area contributed by atoms with Crippen LogP contribution in [-0.2, 0) is 0 Å². The van der Waals surface area contributed by atoms with E-state index in [4.69, 9.17) is 5.11 Å². The van der Waals surface area contributed by atoms with Gasteiger partial charge in [0.1, 0.15) is 6.33 Å². The molecule has 1 aromatic heterocycles. The summed E-state index contributed by atoms with van der Waals surface area (Å²) in [6.07, 6.45) is 1.49. The van der Waals surface area contributed by atoms with E-state index in [0.717, 1.165) is 0 Å². The summed E-state index contributed by atoms with van der Waals surface area (Å²) in [4.78, 5) is 18.8. The Bertz CT molecular complexity index is 815. The second-order valence-corrected chi connectivity index (χ2v) is 4.47. The second kappa shape index (κ2) is 5.65. The van der Waals surface area contributed by atoms with Crippen LogP contribution in [0, 0.1) is 0 Å². The second-order valence-electron chi connectivity index (χ2n) is 4.47. The van der Waals surface area contributed by atoms with Gasteiger partial charge in [-0.05, 0) is 36.4 Å². The molecule has 3 aromatic rings. The van der Waals surface area contributed by atoms with Crippen LogP contribution in [0.15, 0.2) is 54.9 Å². The van der Waals surface area contributed by atoms with Gasteiger partial charge in [0.05, 0.1) is 11.3 Å². The molecule has 0 saturated heterocycles. The molecule has 6 nitrogen and oxygen atoms in total. The summed E-state index contributed by atoms with van der Waals surface area (Å²) in [7, 11) is 0. The van der Waals surface area contributed by atoms with Crippen LogP contribution in [0.2, 0.25) is 0 Å². The lowest BCUT2D eigenvalue weighted by atomic mass is 10.1. The van der Waals surface area contributed by atoms with E-state index in [1.54, 1.807) is 24.3 Å². The first-order chi connectivity index (χ1) is 10.7. The molecule has 3 rings (SSSR count). The quantitative estimate of drug-likeness (QED) is 0.801. The smallest absolute Gasteiger partial charge is 0.335 e. The molecule has 0 bridgehead atoms. The van der Waals surface area contributed by atoms with Gasteiger partial charge in [-0.25, -0.2) is 14.5 Å². The molecule has 0 aliphatic heterocycles. The third-order valence-corrected chi connectivity index (χ3v) is 3.05. The van der Waals surface area contributed by atoms with Crippen molar-refractivity contribution in [2.75, 3.05) is 0 Å². The number of aromatic nitrogens is 3. The molecule has 7 heteroatoms. The maximum absolute atomic E-state index is 12.0. The van der Waals surface area contributed by atoms with Crippen LogP contribution in [0.4, 0.5) is 4.53 Å². The molecular weight excluding hydrogens is 289 g/mol. The van der Waals surface area contributed by atoms with Gasteiger partial charge in [-0.3, -0.25) is 4.94 Å². The van der Waals surface area contributed by atoms with Crippen molar-refractivity contribution in [3.05, 3.63) is 60.4 Å². The van der Waals surface area contributed by atoms with E-state index in [-0.39, 0.29) is 11.3 Å². The number of carboxylic acids is 1. The van der Waals surface area contributed by atoms with Crippen LogP contribution in [0.25, 0.3) is 17.1 Å². The Balaban J connectivity index is 1.93. The minimum absolute atomic E-state index is 0.0956. The summed E-state index contributed by atoms with van der Waals surface area (Å²) in [5, 5.41) is 13.3. The number of halogens is 1. The molecule has 22 heavy (non-hydrogen) atoms. The van der Waals surface area contributed by atoms with Gasteiger partial charge in [0.25, 0.3) is 0 Å².